The number of nitrogens with zero attached hydrogens (tertiary/aromatic N) is 3. The van der Waals surface area contributed by atoms with Gasteiger partial charge in [-0.25, -0.2) is 4.39 Å². The molecule has 4 rings (SSSR count). The van der Waals surface area contributed by atoms with Crippen LogP contribution in [-0.2, 0) is 6.42 Å². The van der Waals surface area contributed by atoms with Crippen LogP contribution in [0.15, 0.2) is 42.5 Å². The first kappa shape index (κ1) is 19.9. The molecular weight excluding hydrogens is 367 g/mol. The van der Waals surface area contributed by atoms with E-state index >= 15 is 0 Å². The second-order valence-corrected chi connectivity index (χ2v) is 8.10. The van der Waals surface area contributed by atoms with Crippen molar-refractivity contribution < 1.29 is 9.18 Å². The summed E-state index contributed by atoms with van der Waals surface area (Å²) < 4.78 is 14.0. The number of benzene rings is 2. The predicted molar refractivity (Wildman–Crippen MR) is 114 cm³/mol. The van der Waals surface area contributed by atoms with Crippen LogP contribution in [0.2, 0.25) is 0 Å². The number of carbonyl (C=O) groups excluding carboxylic acids is 1. The zero-order valence-corrected chi connectivity index (χ0v) is 17.2. The highest BCUT2D eigenvalue weighted by Gasteiger charge is 2.26. The van der Waals surface area contributed by atoms with Crippen LogP contribution in [0.4, 0.5) is 10.1 Å². The van der Waals surface area contributed by atoms with Gasteiger partial charge in [0.05, 0.1) is 11.6 Å². The Morgan fingerprint density at radius 1 is 1.07 bits per heavy atom. The molecule has 29 heavy (non-hydrogen) atoms. The number of hydrogen-bond donors (Lipinski definition) is 1. The van der Waals surface area contributed by atoms with Crippen LogP contribution in [0.5, 0.6) is 0 Å². The average molecular weight is 397 g/mol. The van der Waals surface area contributed by atoms with Crippen LogP contribution in [0.1, 0.15) is 27.5 Å². The zero-order chi connectivity index (χ0) is 20.4. The Morgan fingerprint density at radius 3 is 2.59 bits per heavy atom. The Bertz CT molecular complexity index is 879. The molecule has 154 valence electrons. The average Bonchev–Trinajstić information content (AvgIpc) is 3.10. The summed E-state index contributed by atoms with van der Waals surface area (Å²) >= 11 is 0. The highest BCUT2D eigenvalue weighted by Crippen LogP contribution is 2.31. The number of rotatable bonds is 5. The molecule has 1 saturated heterocycles. The Kier molecular flexibility index (Phi) is 5.83. The lowest BCUT2D eigenvalue weighted by Gasteiger charge is -2.38. The van der Waals surface area contributed by atoms with E-state index in [-0.39, 0.29) is 17.5 Å². The maximum atomic E-state index is 14.0. The topological polar surface area (TPSA) is 38.8 Å². The van der Waals surface area contributed by atoms with Gasteiger partial charge in [-0.05, 0) is 42.8 Å². The van der Waals surface area contributed by atoms with Gasteiger partial charge in [-0.15, -0.1) is 0 Å². The zero-order valence-electron chi connectivity index (χ0n) is 17.2. The Labute approximate surface area is 172 Å². The lowest BCUT2D eigenvalue weighted by atomic mass is 10.00. The van der Waals surface area contributed by atoms with Gasteiger partial charge in [0.25, 0.3) is 5.91 Å². The van der Waals surface area contributed by atoms with E-state index in [2.05, 4.69) is 52.3 Å². The van der Waals surface area contributed by atoms with Crippen molar-refractivity contribution in [3.63, 3.8) is 0 Å². The molecule has 0 bridgehead atoms. The highest BCUT2D eigenvalue weighted by atomic mass is 19.1. The van der Waals surface area contributed by atoms with Gasteiger partial charge in [0.2, 0.25) is 0 Å². The fraction of sp³-hybridized carbons (Fsp3) is 0.435. The molecule has 6 heteroatoms. The Balaban J connectivity index is 1.54. The fourth-order valence-corrected chi connectivity index (χ4v) is 4.32. The maximum Gasteiger partial charge on any atom is 0.254 e. The van der Waals surface area contributed by atoms with Crippen molar-refractivity contribution >= 4 is 11.6 Å². The third kappa shape index (κ3) is 4.28. The summed E-state index contributed by atoms with van der Waals surface area (Å²) in [6.07, 6.45) is 1.05. The molecule has 0 aliphatic carbocycles. The standard InChI is InChI=1S/C23H29FN4O/c1-26-11-13-28(14-12-26)22(16-25-23(29)19-5-3-4-6-20(19)24)17-7-8-21-18(15-17)9-10-27(21)2/h3-8,15,22H,9-14,16H2,1-2H3,(H,25,29)/t22-/m0/s1. The number of fused-ring (bicyclic) bond motifs is 1. The van der Waals surface area contributed by atoms with Crippen LogP contribution in [-0.4, -0.2) is 69.1 Å². The summed E-state index contributed by atoms with van der Waals surface area (Å²) in [6, 6.07) is 12.9. The molecule has 1 fully saturated rings. The molecule has 1 amide bonds. The molecule has 1 atom stereocenters. The summed E-state index contributed by atoms with van der Waals surface area (Å²) in [5, 5.41) is 2.98. The van der Waals surface area contributed by atoms with E-state index in [1.165, 1.54) is 28.9 Å². The van der Waals surface area contributed by atoms with Crippen molar-refractivity contribution in [1.82, 2.24) is 15.1 Å². The van der Waals surface area contributed by atoms with E-state index in [4.69, 9.17) is 0 Å². The van der Waals surface area contributed by atoms with Gasteiger partial charge in [-0.1, -0.05) is 24.3 Å². The molecule has 0 aromatic heterocycles. The van der Waals surface area contributed by atoms with Crippen LogP contribution in [0.3, 0.4) is 0 Å². The first-order valence-electron chi connectivity index (χ1n) is 10.3. The third-order valence-electron chi connectivity index (χ3n) is 6.17. The van der Waals surface area contributed by atoms with Crippen molar-refractivity contribution in [3.05, 3.63) is 65.0 Å². The molecule has 1 N–H and O–H groups in total. The largest absolute Gasteiger partial charge is 0.374 e. The Morgan fingerprint density at radius 2 is 1.83 bits per heavy atom. The van der Waals surface area contributed by atoms with Gasteiger partial charge in [-0.2, -0.15) is 0 Å². The van der Waals surface area contributed by atoms with Gasteiger partial charge in [0.15, 0.2) is 0 Å². The number of hydrogen-bond acceptors (Lipinski definition) is 4. The molecule has 2 heterocycles. The number of nitrogens with one attached hydrogen (secondary N) is 1. The van der Waals surface area contributed by atoms with E-state index in [1.807, 2.05) is 0 Å². The van der Waals surface area contributed by atoms with Crippen molar-refractivity contribution in [2.24, 2.45) is 0 Å². The van der Waals surface area contributed by atoms with E-state index in [0.717, 1.165) is 39.1 Å². The minimum atomic E-state index is -0.485. The molecule has 5 nitrogen and oxygen atoms in total. The van der Waals surface area contributed by atoms with Crippen molar-refractivity contribution in [2.75, 3.05) is 58.3 Å². The molecule has 0 radical (unpaired) electrons. The monoisotopic (exact) mass is 396 g/mol. The van der Waals surface area contributed by atoms with E-state index in [9.17, 15) is 9.18 Å². The van der Waals surface area contributed by atoms with Gasteiger partial charge < -0.3 is 15.1 Å². The SMILES string of the molecule is CN1CCN([C@@H](CNC(=O)c2ccccc2F)c2ccc3c(c2)CCN3C)CC1. The summed E-state index contributed by atoms with van der Waals surface area (Å²) in [7, 11) is 4.26. The highest BCUT2D eigenvalue weighted by molar-refractivity contribution is 5.94. The lowest BCUT2D eigenvalue weighted by molar-refractivity contribution is 0.0883. The van der Waals surface area contributed by atoms with E-state index < -0.39 is 5.82 Å². The van der Waals surface area contributed by atoms with E-state index in [0.29, 0.717) is 6.54 Å². The molecule has 2 aromatic rings. The number of piperazine rings is 1. The fourth-order valence-electron chi connectivity index (χ4n) is 4.32. The third-order valence-corrected chi connectivity index (χ3v) is 6.17. The summed E-state index contributed by atoms with van der Waals surface area (Å²) in [5.74, 6) is -0.843. The lowest BCUT2D eigenvalue weighted by Crippen LogP contribution is -2.48. The normalized spacial score (nSPS) is 18.5. The maximum absolute atomic E-state index is 14.0. The molecule has 2 aliphatic rings. The second-order valence-electron chi connectivity index (χ2n) is 8.10. The molecule has 0 saturated carbocycles. The molecular formula is C23H29FN4O. The van der Waals surface area contributed by atoms with Gasteiger partial charge in [0.1, 0.15) is 5.82 Å². The van der Waals surface area contributed by atoms with Crippen molar-refractivity contribution in [2.45, 2.75) is 12.5 Å². The smallest absolute Gasteiger partial charge is 0.254 e. The number of anilines is 1. The van der Waals surface area contributed by atoms with Crippen molar-refractivity contribution in [1.29, 1.82) is 0 Å². The van der Waals surface area contributed by atoms with Crippen LogP contribution in [0.25, 0.3) is 0 Å². The Hall–Kier alpha value is -2.44. The van der Waals surface area contributed by atoms with E-state index in [1.54, 1.807) is 12.1 Å². The van der Waals surface area contributed by atoms with Gasteiger partial charge in [0, 0.05) is 52.0 Å². The van der Waals surface area contributed by atoms with Gasteiger partial charge in [-0.3, -0.25) is 9.69 Å². The summed E-state index contributed by atoms with van der Waals surface area (Å²) in [5.41, 5.74) is 3.98. The molecule has 2 aliphatic heterocycles. The van der Waals surface area contributed by atoms with Crippen LogP contribution >= 0.6 is 0 Å². The molecule has 2 aromatic carbocycles. The predicted octanol–water partition coefficient (Wildman–Crippen LogP) is 2.54. The summed E-state index contributed by atoms with van der Waals surface area (Å²) in [4.78, 5) is 19.6. The summed E-state index contributed by atoms with van der Waals surface area (Å²) in [6.45, 7) is 5.42. The quantitative estimate of drug-likeness (QED) is 0.843. The number of amides is 1. The first-order valence-corrected chi connectivity index (χ1v) is 10.3. The number of halogens is 1. The van der Waals surface area contributed by atoms with Crippen molar-refractivity contribution in [3.8, 4) is 0 Å². The molecule has 0 unspecified atom stereocenters. The molecule has 0 spiro atoms. The first-order chi connectivity index (χ1) is 14.0. The van der Waals surface area contributed by atoms with Crippen LogP contribution in [0, 0.1) is 5.82 Å². The van der Waals surface area contributed by atoms with Crippen LogP contribution < -0.4 is 10.2 Å². The second kappa shape index (κ2) is 8.51. The minimum Gasteiger partial charge on any atom is -0.374 e. The minimum absolute atomic E-state index is 0.0793. The number of likely N-dealkylation sites (N-methyl/N-ethyl adjacent to an activating group) is 2. The number of carbonyl (C=O) groups is 1. The van der Waals surface area contributed by atoms with Gasteiger partial charge >= 0.3 is 0 Å².